The summed E-state index contributed by atoms with van der Waals surface area (Å²) in [5.74, 6) is 7.47. The molecule has 0 aromatic heterocycles. The Morgan fingerprint density at radius 2 is 1.35 bits per heavy atom. The maximum Gasteiger partial charge on any atom is 0.0249 e. The van der Waals surface area contributed by atoms with Crippen molar-refractivity contribution < 1.29 is 0 Å². The Bertz CT molecular complexity index is 659. The molecule has 0 atom stereocenters. The van der Waals surface area contributed by atoms with Crippen molar-refractivity contribution in [3.8, 4) is 11.8 Å². The van der Waals surface area contributed by atoms with Gasteiger partial charge in [0, 0.05) is 11.1 Å². The summed E-state index contributed by atoms with van der Waals surface area (Å²) in [4.78, 5) is 0. The van der Waals surface area contributed by atoms with Gasteiger partial charge in [-0.3, -0.25) is 0 Å². The molecule has 0 heteroatoms. The van der Waals surface area contributed by atoms with Crippen LogP contribution in [-0.4, -0.2) is 0 Å². The van der Waals surface area contributed by atoms with Crippen molar-refractivity contribution in [3.05, 3.63) is 70.8 Å². The van der Waals surface area contributed by atoms with Crippen LogP contribution in [0.4, 0.5) is 0 Å². The van der Waals surface area contributed by atoms with Crippen LogP contribution in [0.1, 0.15) is 60.8 Å². The molecule has 0 N–H and O–H groups in total. The molecule has 0 nitrogen and oxygen atoms in total. The molecule has 0 bridgehead atoms. The SMILES string of the molecule is Cc1ccc(C#Cc2ccc(CCC3CCCCC3)cc2)cc1. The van der Waals surface area contributed by atoms with Crippen LogP contribution in [0.5, 0.6) is 0 Å². The van der Waals surface area contributed by atoms with Gasteiger partial charge in [-0.15, -0.1) is 0 Å². The van der Waals surface area contributed by atoms with E-state index in [4.69, 9.17) is 0 Å². The number of rotatable bonds is 3. The zero-order chi connectivity index (χ0) is 15.9. The van der Waals surface area contributed by atoms with Crippen molar-refractivity contribution in [2.75, 3.05) is 0 Å². The second kappa shape index (κ2) is 8.02. The van der Waals surface area contributed by atoms with E-state index in [0.717, 1.165) is 17.0 Å². The Hall–Kier alpha value is -2.00. The smallest absolute Gasteiger partial charge is 0.0249 e. The molecule has 118 valence electrons. The monoisotopic (exact) mass is 302 g/mol. The molecule has 0 radical (unpaired) electrons. The third-order valence-corrected chi connectivity index (χ3v) is 4.92. The van der Waals surface area contributed by atoms with E-state index in [0.29, 0.717) is 0 Å². The van der Waals surface area contributed by atoms with E-state index in [9.17, 15) is 0 Å². The van der Waals surface area contributed by atoms with E-state index in [1.807, 2.05) is 0 Å². The Balaban J connectivity index is 1.55. The number of hydrogen-bond acceptors (Lipinski definition) is 0. The van der Waals surface area contributed by atoms with E-state index in [1.54, 1.807) is 0 Å². The van der Waals surface area contributed by atoms with Crippen molar-refractivity contribution in [1.82, 2.24) is 0 Å². The highest BCUT2D eigenvalue weighted by atomic mass is 14.2. The van der Waals surface area contributed by atoms with Crippen LogP contribution < -0.4 is 0 Å². The average Bonchev–Trinajstić information content (AvgIpc) is 2.61. The van der Waals surface area contributed by atoms with Crippen LogP contribution in [0.15, 0.2) is 48.5 Å². The summed E-state index contributed by atoms with van der Waals surface area (Å²) in [5, 5.41) is 0. The first-order valence-corrected chi connectivity index (χ1v) is 8.97. The van der Waals surface area contributed by atoms with Crippen LogP contribution in [0, 0.1) is 24.7 Å². The van der Waals surface area contributed by atoms with Crippen molar-refractivity contribution in [1.29, 1.82) is 0 Å². The van der Waals surface area contributed by atoms with E-state index >= 15 is 0 Å². The zero-order valence-corrected chi connectivity index (χ0v) is 14.1. The van der Waals surface area contributed by atoms with Crippen molar-refractivity contribution in [3.63, 3.8) is 0 Å². The largest absolute Gasteiger partial charge is 0.0617 e. The fourth-order valence-electron chi connectivity index (χ4n) is 3.38. The minimum atomic E-state index is 0.963. The van der Waals surface area contributed by atoms with Crippen molar-refractivity contribution >= 4 is 0 Å². The molecule has 2 aromatic carbocycles. The first-order chi connectivity index (χ1) is 11.3. The van der Waals surface area contributed by atoms with Gasteiger partial charge in [-0.25, -0.2) is 0 Å². The van der Waals surface area contributed by atoms with Crippen molar-refractivity contribution in [2.24, 2.45) is 5.92 Å². The van der Waals surface area contributed by atoms with Crippen LogP contribution in [-0.2, 0) is 6.42 Å². The fraction of sp³-hybridized carbons (Fsp3) is 0.391. The summed E-state index contributed by atoms with van der Waals surface area (Å²) in [7, 11) is 0. The Labute approximate surface area is 140 Å². The summed E-state index contributed by atoms with van der Waals surface area (Å²) in [6.07, 6.45) is 9.80. The quantitative estimate of drug-likeness (QED) is 0.618. The normalized spacial score (nSPS) is 15.0. The minimum Gasteiger partial charge on any atom is -0.0617 e. The number of benzene rings is 2. The molecule has 0 heterocycles. The molecule has 1 saturated carbocycles. The lowest BCUT2D eigenvalue weighted by Crippen LogP contribution is -2.07. The first kappa shape index (κ1) is 15.9. The summed E-state index contributed by atoms with van der Waals surface area (Å²) in [6.45, 7) is 2.10. The molecular formula is C23H26. The number of aryl methyl sites for hydroxylation is 2. The van der Waals surface area contributed by atoms with Crippen LogP contribution in [0.2, 0.25) is 0 Å². The van der Waals surface area contributed by atoms with Gasteiger partial charge in [-0.1, -0.05) is 73.8 Å². The number of hydrogen-bond donors (Lipinski definition) is 0. The Morgan fingerprint density at radius 1 is 0.783 bits per heavy atom. The molecular weight excluding hydrogens is 276 g/mol. The van der Waals surface area contributed by atoms with Gasteiger partial charge >= 0.3 is 0 Å². The summed E-state index contributed by atoms with van der Waals surface area (Å²) in [5.41, 5.74) is 4.92. The van der Waals surface area contributed by atoms with Crippen molar-refractivity contribution in [2.45, 2.75) is 51.9 Å². The molecule has 0 unspecified atom stereocenters. The van der Waals surface area contributed by atoms with Gasteiger partial charge in [0.1, 0.15) is 0 Å². The molecule has 1 aliphatic carbocycles. The fourth-order valence-corrected chi connectivity index (χ4v) is 3.38. The Kier molecular flexibility index (Phi) is 5.54. The molecule has 1 aliphatic rings. The molecule has 0 saturated heterocycles. The molecule has 0 amide bonds. The lowest BCUT2D eigenvalue weighted by atomic mass is 9.85. The molecule has 2 aromatic rings. The topological polar surface area (TPSA) is 0 Å². The highest BCUT2D eigenvalue weighted by Crippen LogP contribution is 2.27. The molecule has 1 fully saturated rings. The first-order valence-electron chi connectivity index (χ1n) is 8.97. The standard InChI is InChI=1S/C23H26/c1-19-7-9-21(10-8-19)13-14-23-17-15-22(16-18-23)12-11-20-5-3-2-4-6-20/h7-10,15-18,20H,2-6,11-12H2,1H3. The van der Waals surface area contributed by atoms with Gasteiger partial charge in [0.25, 0.3) is 0 Å². The average molecular weight is 302 g/mol. The van der Waals surface area contributed by atoms with Gasteiger partial charge in [0.05, 0.1) is 0 Å². The van der Waals surface area contributed by atoms with E-state index in [2.05, 4.69) is 67.3 Å². The zero-order valence-electron chi connectivity index (χ0n) is 14.1. The second-order valence-electron chi connectivity index (χ2n) is 6.86. The third kappa shape index (κ3) is 5.00. The second-order valence-corrected chi connectivity index (χ2v) is 6.86. The van der Waals surface area contributed by atoms with E-state index in [1.165, 1.54) is 56.1 Å². The molecule has 23 heavy (non-hydrogen) atoms. The predicted molar refractivity (Wildman–Crippen MR) is 98.5 cm³/mol. The third-order valence-electron chi connectivity index (χ3n) is 4.92. The van der Waals surface area contributed by atoms with Gasteiger partial charge < -0.3 is 0 Å². The van der Waals surface area contributed by atoms with E-state index in [-0.39, 0.29) is 0 Å². The van der Waals surface area contributed by atoms with Crippen LogP contribution >= 0.6 is 0 Å². The van der Waals surface area contributed by atoms with Gasteiger partial charge in [-0.2, -0.15) is 0 Å². The summed E-state index contributed by atoms with van der Waals surface area (Å²) in [6, 6.07) is 17.2. The molecule has 3 rings (SSSR count). The lowest BCUT2D eigenvalue weighted by Gasteiger charge is -2.21. The maximum atomic E-state index is 3.26. The minimum absolute atomic E-state index is 0.963. The van der Waals surface area contributed by atoms with Gasteiger partial charge in [0.2, 0.25) is 0 Å². The summed E-state index contributed by atoms with van der Waals surface area (Å²) < 4.78 is 0. The lowest BCUT2D eigenvalue weighted by molar-refractivity contribution is 0.339. The van der Waals surface area contributed by atoms with Gasteiger partial charge in [0.15, 0.2) is 0 Å². The molecule has 0 spiro atoms. The summed E-state index contributed by atoms with van der Waals surface area (Å²) >= 11 is 0. The highest BCUT2D eigenvalue weighted by Gasteiger charge is 2.12. The Morgan fingerprint density at radius 3 is 1.96 bits per heavy atom. The molecule has 0 aliphatic heterocycles. The van der Waals surface area contributed by atoms with E-state index < -0.39 is 0 Å². The van der Waals surface area contributed by atoms with Crippen LogP contribution in [0.25, 0.3) is 0 Å². The van der Waals surface area contributed by atoms with Gasteiger partial charge in [-0.05, 0) is 55.5 Å². The van der Waals surface area contributed by atoms with Crippen LogP contribution in [0.3, 0.4) is 0 Å². The maximum absolute atomic E-state index is 3.26. The highest BCUT2D eigenvalue weighted by molar-refractivity contribution is 5.43. The predicted octanol–water partition coefficient (Wildman–Crippen LogP) is 5.91.